The van der Waals surface area contributed by atoms with E-state index in [-0.39, 0.29) is 16.6 Å². The van der Waals surface area contributed by atoms with Crippen molar-refractivity contribution in [1.29, 1.82) is 0 Å². The molecular formula is C18H14ClN3O4S. The number of rotatable bonds is 5. The Bertz CT molecular complexity index is 1090. The molecule has 0 spiro atoms. The minimum atomic E-state index is -4.04. The Morgan fingerprint density at radius 3 is 2.44 bits per heavy atom. The van der Waals surface area contributed by atoms with Crippen LogP contribution in [0.3, 0.4) is 0 Å². The molecule has 0 aliphatic carbocycles. The Kier molecular flexibility index (Phi) is 5.29. The number of anilines is 1. The van der Waals surface area contributed by atoms with Gasteiger partial charge in [-0.2, -0.15) is 8.42 Å². The summed E-state index contributed by atoms with van der Waals surface area (Å²) in [5.74, 6) is -1.14. The smallest absolute Gasteiger partial charge is 0.337 e. The molecular weight excluding hydrogens is 390 g/mol. The van der Waals surface area contributed by atoms with E-state index in [1.54, 1.807) is 6.08 Å². The zero-order chi connectivity index (χ0) is 19.4. The monoisotopic (exact) mass is 403 g/mol. The van der Waals surface area contributed by atoms with Crippen molar-refractivity contribution in [2.75, 3.05) is 5.73 Å². The second-order valence-corrected chi connectivity index (χ2v) is 7.58. The highest BCUT2D eigenvalue weighted by atomic mass is 35.5. The molecule has 9 heteroatoms. The van der Waals surface area contributed by atoms with E-state index < -0.39 is 16.0 Å². The van der Waals surface area contributed by atoms with Crippen molar-refractivity contribution in [2.45, 2.75) is 4.90 Å². The van der Waals surface area contributed by atoms with Gasteiger partial charge in [-0.05, 0) is 35.9 Å². The molecule has 1 aromatic heterocycles. The minimum absolute atomic E-state index is 0.0523. The van der Waals surface area contributed by atoms with Gasteiger partial charge in [0, 0.05) is 17.2 Å². The highest BCUT2D eigenvalue weighted by Crippen LogP contribution is 2.22. The van der Waals surface area contributed by atoms with Crippen molar-refractivity contribution >= 4 is 39.5 Å². The maximum absolute atomic E-state index is 12.6. The fraction of sp³-hybridized carbons (Fsp3) is 0. The number of hydrogen-bond donors (Lipinski definition) is 1. The van der Waals surface area contributed by atoms with Crippen LogP contribution < -0.4 is 10.5 Å². The first kappa shape index (κ1) is 18.7. The third-order valence-corrected chi connectivity index (χ3v) is 5.31. The number of esters is 1. The van der Waals surface area contributed by atoms with Gasteiger partial charge in [-0.3, -0.25) is 0 Å². The number of nitrogen functional groups attached to an aromatic ring is 1. The van der Waals surface area contributed by atoms with E-state index in [2.05, 4.69) is 5.10 Å². The topological polar surface area (TPSA) is 104 Å². The van der Waals surface area contributed by atoms with Crippen LogP contribution in [0.1, 0.15) is 5.56 Å². The summed E-state index contributed by atoms with van der Waals surface area (Å²) in [4.78, 5) is 11.8. The molecule has 0 aliphatic heterocycles. The molecule has 7 nitrogen and oxygen atoms in total. The van der Waals surface area contributed by atoms with Crippen molar-refractivity contribution < 1.29 is 17.9 Å². The van der Waals surface area contributed by atoms with Crippen molar-refractivity contribution in [3.05, 3.63) is 77.3 Å². The van der Waals surface area contributed by atoms with Crippen molar-refractivity contribution in [2.24, 2.45) is 0 Å². The molecule has 0 unspecified atom stereocenters. The molecule has 0 saturated heterocycles. The van der Waals surface area contributed by atoms with Crippen LogP contribution in [0, 0.1) is 0 Å². The van der Waals surface area contributed by atoms with Crippen LogP contribution in [0.5, 0.6) is 5.88 Å². The number of nitrogens with two attached hydrogens (primary N) is 1. The zero-order valence-corrected chi connectivity index (χ0v) is 15.4. The molecule has 0 radical (unpaired) electrons. The van der Waals surface area contributed by atoms with E-state index >= 15 is 0 Å². The SMILES string of the molecule is Nc1cc(OC(=O)/C=C\c2ccccc2)nn1S(=O)(=O)c1ccc(Cl)cc1. The maximum Gasteiger partial charge on any atom is 0.337 e. The lowest BCUT2D eigenvalue weighted by Crippen LogP contribution is -2.17. The van der Waals surface area contributed by atoms with Crippen LogP contribution in [0.2, 0.25) is 5.02 Å². The molecule has 1 heterocycles. The summed E-state index contributed by atoms with van der Waals surface area (Å²) in [7, 11) is -4.04. The molecule has 3 aromatic rings. The summed E-state index contributed by atoms with van der Waals surface area (Å²) in [5.41, 5.74) is 6.53. The Labute approximate surface area is 160 Å². The summed E-state index contributed by atoms with van der Waals surface area (Å²) < 4.78 is 30.8. The molecule has 0 amide bonds. The average molecular weight is 404 g/mol. The van der Waals surface area contributed by atoms with E-state index in [1.807, 2.05) is 30.3 Å². The van der Waals surface area contributed by atoms with Crippen LogP contribution in [0.4, 0.5) is 5.82 Å². The lowest BCUT2D eigenvalue weighted by atomic mass is 10.2. The van der Waals surface area contributed by atoms with Crippen LogP contribution in [-0.2, 0) is 14.8 Å². The number of nitrogens with zero attached hydrogens (tertiary/aromatic N) is 2. The third kappa shape index (κ3) is 4.36. The highest BCUT2D eigenvalue weighted by molar-refractivity contribution is 7.90. The maximum atomic E-state index is 12.6. The predicted octanol–water partition coefficient (Wildman–Crippen LogP) is 2.97. The Balaban J connectivity index is 1.79. The molecule has 0 aliphatic rings. The second kappa shape index (κ2) is 7.65. The van der Waals surface area contributed by atoms with E-state index in [4.69, 9.17) is 22.1 Å². The van der Waals surface area contributed by atoms with Gasteiger partial charge in [0.25, 0.3) is 10.0 Å². The van der Waals surface area contributed by atoms with Crippen LogP contribution >= 0.6 is 11.6 Å². The van der Waals surface area contributed by atoms with Crippen molar-refractivity contribution in [3.8, 4) is 5.88 Å². The largest absolute Gasteiger partial charge is 0.403 e. The van der Waals surface area contributed by atoms with E-state index in [0.717, 1.165) is 11.6 Å². The van der Waals surface area contributed by atoms with Gasteiger partial charge in [0.15, 0.2) is 0 Å². The van der Waals surface area contributed by atoms with Crippen LogP contribution in [0.15, 0.2) is 71.6 Å². The van der Waals surface area contributed by atoms with Gasteiger partial charge in [-0.25, -0.2) is 4.79 Å². The van der Waals surface area contributed by atoms with Gasteiger partial charge in [-0.15, -0.1) is 9.19 Å². The van der Waals surface area contributed by atoms with E-state index in [9.17, 15) is 13.2 Å². The van der Waals surface area contributed by atoms with Gasteiger partial charge in [0.2, 0.25) is 5.88 Å². The zero-order valence-electron chi connectivity index (χ0n) is 13.8. The van der Waals surface area contributed by atoms with Crippen molar-refractivity contribution in [3.63, 3.8) is 0 Å². The molecule has 0 bridgehead atoms. The summed E-state index contributed by atoms with van der Waals surface area (Å²) >= 11 is 5.77. The Morgan fingerprint density at radius 1 is 1.11 bits per heavy atom. The number of carbonyl (C=O) groups is 1. The molecule has 138 valence electrons. The fourth-order valence-electron chi connectivity index (χ4n) is 2.17. The van der Waals surface area contributed by atoms with Gasteiger partial charge in [0.1, 0.15) is 5.82 Å². The number of hydrogen-bond acceptors (Lipinski definition) is 6. The lowest BCUT2D eigenvalue weighted by molar-refractivity contribution is -0.129. The van der Waals surface area contributed by atoms with Gasteiger partial charge in [0.05, 0.1) is 4.90 Å². The van der Waals surface area contributed by atoms with Gasteiger partial charge < -0.3 is 10.5 Å². The first-order valence-electron chi connectivity index (χ1n) is 7.68. The summed E-state index contributed by atoms with van der Waals surface area (Å²) in [6.07, 6.45) is 2.77. The molecule has 0 fully saturated rings. The number of carbonyl (C=O) groups excluding carboxylic acids is 1. The third-order valence-electron chi connectivity index (χ3n) is 3.44. The molecule has 3 rings (SSSR count). The van der Waals surface area contributed by atoms with Crippen LogP contribution in [-0.4, -0.2) is 23.6 Å². The Hall–Kier alpha value is -3.10. The highest BCUT2D eigenvalue weighted by Gasteiger charge is 2.22. The van der Waals surface area contributed by atoms with E-state index in [0.29, 0.717) is 9.11 Å². The second-order valence-electron chi connectivity index (χ2n) is 5.37. The van der Waals surface area contributed by atoms with Gasteiger partial charge in [-0.1, -0.05) is 41.9 Å². The van der Waals surface area contributed by atoms with E-state index in [1.165, 1.54) is 30.3 Å². The number of ether oxygens (including phenoxy) is 1. The quantitative estimate of drug-likeness (QED) is 0.518. The van der Waals surface area contributed by atoms with Gasteiger partial charge >= 0.3 is 5.97 Å². The summed E-state index contributed by atoms with van der Waals surface area (Å²) in [5, 5.41) is 4.16. The minimum Gasteiger partial charge on any atom is -0.403 e. The first-order chi connectivity index (χ1) is 12.9. The van der Waals surface area contributed by atoms with Crippen LogP contribution in [0.25, 0.3) is 6.08 Å². The fourth-order valence-corrected chi connectivity index (χ4v) is 3.50. The molecule has 2 N–H and O–H groups in total. The summed E-state index contributed by atoms with van der Waals surface area (Å²) in [6.45, 7) is 0. The molecule has 27 heavy (non-hydrogen) atoms. The predicted molar refractivity (Wildman–Crippen MR) is 102 cm³/mol. The first-order valence-corrected chi connectivity index (χ1v) is 9.50. The lowest BCUT2D eigenvalue weighted by Gasteiger charge is -2.05. The molecule has 0 saturated carbocycles. The number of aromatic nitrogens is 2. The van der Waals surface area contributed by atoms with Crippen molar-refractivity contribution in [1.82, 2.24) is 9.19 Å². The number of benzene rings is 2. The standard InChI is InChI=1S/C18H14ClN3O4S/c19-14-7-9-15(10-8-14)27(24,25)22-16(20)12-17(21-22)26-18(23)11-6-13-4-2-1-3-5-13/h1-12H,20H2/b11-6-. The molecule has 0 atom stereocenters. The Morgan fingerprint density at radius 2 is 1.78 bits per heavy atom. The average Bonchev–Trinajstić information content (AvgIpc) is 3.02. The normalized spacial score (nSPS) is 11.6. The number of halogens is 1. The molecule has 2 aromatic carbocycles. The summed E-state index contributed by atoms with van der Waals surface area (Å²) in [6, 6.07) is 15.8.